The van der Waals surface area contributed by atoms with Crippen molar-refractivity contribution in [2.75, 3.05) is 29.1 Å². The molecule has 0 radical (unpaired) electrons. The van der Waals surface area contributed by atoms with Crippen molar-refractivity contribution in [2.45, 2.75) is 25.9 Å². The number of benzene rings is 1. The highest BCUT2D eigenvalue weighted by Crippen LogP contribution is 2.34. The molecule has 1 aromatic rings. The molecule has 0 aromatic heterocycles. The van der Waals surface area contributed by atoms with Crippen LogP contribution in [0.2, 0.25) is 0 Å². The Balaban J connectivity index is 2.57. The van der Waals surface area contributed by atoms with E-state index in [0.717, 1.165) is 15.5 Å². The molecule has 2 atom stereocenters. The molecule has 0 fully saturated rings. The second kappa shape index (κ2) is 7.42. The van der Waals surface area contributed by atoms with Crippen molar-refractivity contribution in [3.8, 4) is 0 Å². The number of amides is 3. The number of sulfonamides is 1. The van der Waals surface area contributed by atoms with Crippen molar-refractivity contribution in [1.29, 1.82) is 0 Å². The Morgan fingerprint density at radius 3 is 2.31 bits per heavy atom. The average molecular weight is 382 g/mol. The van der Waals surface area contributed by atoms with Crippen LogP contribution in [0.3, 0.4) is 0 Å². The highest BCUT2D eigenvalue weighted by atomic mass is 32.2. The molecule has 0 spiro atoms. The number of rotatable bonds is 4. The maximum Gasteiger partial charge on any atom is 0.258 e. The summed E-state index contributed by atoms with van der Waals surface area (Å²) in [4.78, 5) is 38.1. The first kappa shape index (κ1) is 19.9. The zero-order valence-electron chi connectivity index (χ0n) is 15.0. The van der Waals surface area contributed by atoms with Gasteiger partial charge in [0.1, 0.15) is 6.04 Å². The lowest BCUT2D eigenvalue weighted by molar-refractivity contribution is -0.130. The summed E-state index contributed by atoms with van der Waals surface area (Å²) in [6, 6.07) is 4.43. The third-order valence-corrected chi connectivity index (χ3v) is 5.26. The molecule has 142 valence electrons. The maximum atomic E-state index is 12.9. The number of likely N-dealkylation sites (N-methyl/N-ethyl adjacent to an activating group) is 1. The quantitative estimate of drug-likeness (QED) is 0.721. The van der Waals surface area contributed by atoms with Gasteiger partial charge in [0.15, 0.2) is 0 Å². The fraction of sp³-hybridized carbons (Fsp3) is 0.438. The largest absolute Gasteiger partial charge is 0.341 e. The standard InChI is InChI=1S/C16H22N4O5S/c1-10(17-3)15(22)18-12-9-19(26(4,24)25)13-7-5-6-8-14(13)20(11(2)21)16(12)23/h5-8,10,12,17H,9H2,1-4H3,(H,18,22). The Labute approximate surface area is 152 Å². The minimum atomic E-state index is -3.75. The van der Waals surface area contributed by atoms with E-state index in [-0.39, 0.29) is 17.9 Å². The van der Waals surface area contributed by atoms with Crippen LogP contribution in [0, 0.1) is 0 Å². The van der Waals surface area contributed by atoms with Gasteiger partial charge in [-0.25, -0.2) is 13.3 Å². The molecule has 2 unspecified atom stereocenters. The normalized spacial score (nSPS) is 18.8. The minimum Gasteiger partial charge on any atom is -0.341 e. The lowest BCUT2D eigenvalue weighted by Gasteiger charge is -2.25. The first-order valence-corrected chi connectivity index (χ1v) is 9.81. The Kier molecular flexibility index (Phi) is 5.67. The highest BCUT2D eigenvalue weighted by molar-refractivity contribution is 7.92. The average Bonchev–Trinajstić information content (AvgIpc) is 2.68. The lowest BCUT2D eigenvalue weighted by Crippen LogP contribution is -2.56. The van der Waals surface area contributed by atoms with E-state index in [1.807, 2.05) is 0 Å². The van der Waals surface area contributed by atoms with E-state index < -0.39 is 39.8 Å². The molecule has 0 bridgehead atoms. The first-order valence-electron chi connectivity index (χ1n) is 7.96. The van der Waals surface area contributed by atoms with Crippen LogP contribution in [0.25, 0.3) is 0 Å². The summed E-state index contributed by atoms with van der Waals surface area (Å²) in [7, 11) is -2.17. The molecule has 10 heteroatoms. The number of carbonyl (C=O) groups excluding carboxylic acids is 3. The smallest absolute Gasteiger partial charge is 0.258 e. The van der Waals surface area contributed by atoms with Gasteiger partial charge < -0.3 is 10.6 Å². The Morgan fingerprint density at radius 2 is 1.81 bits per heavy atom. The third-order valence-electron chi connectivity index (χ3n) is 4.12. The van der Waals surface area contributed by atoms with E-state index in [2.05, 4.69) is 10.6 Å². The van der Waals surface area contributed by atoms with E-state index in [9.17, 15) is 22.8 Å². The molecule has 9 nitrogen and oxygen atoms in total. The number of carbonyl (C=O) groups is 3. The predicted molar refractivity (Wildman–Crippen MR) is 97.3 cm³/mol. The van der Waals surface area contributed by atoms with Crippen LogP contribution in [0.5, 0.6) is 0 Å². The number of para-hydroxylation sites is 2. The van der Waals surface area contributed by atoms with Gasteiger partial charge in [0.2, 0.25) is 21.8 Å². The SMILES string of the molecule is CNC(C)C(=O)NC1CN(S(C)(=O)=O)c2ccccc2N(C(C)=O)C1=O. The van der Waals surface area contributed by atoms with Crippen LogP contribution in [-0.4, -0.2) is 58.1 Å². The number of hydrogen-bond donors (Lipinski definition) is 2. The fourth-order valence-corrected chi connectivity index (χ4v) is 3.59. The summed E-state index contributed by atoms with van der Waals surface area (Å²) < 4.78 is 25.6. The highest BCUT2D eigenvalue weighted by Gasteiger charge is 2.39. The minimum absolute atomic E-state index is 0.161. The zero-order chi connectivity index (χ0) is 19.6. The molecule has 1 aromatic carbocycles. The van der Waals surface area contributed by atoms with Crippen LogP contribution >= 0.6 is 0 Å². The molecule has 0 aliphatic carbocycles. The number of hydrogen-bond acceptors (Lipinski definition) is 6. The molecule has 1 heterocycles. The van der Waals surface area contributed by atoms with E-state index >= 15 is 0 Å². The molecule has 1 aliphatic rings. The van der Waals surface area contributed by atoms with Crippen LogP contribution in [0.15, 0.2) is 24.3 Å². The van der Waals surface area contributed by atoms with Crippen LogP contribution in [-0.2, 0) is 24.4 Å². The Bertz CT molecular complexity index is 824. The van der Waals surface area contributed by atoms with Gasteiger partial charge in [-0.05, 0) is 26.1 Å². The van der Waals surface area contributed by atoms with Crippen molar-refractivity contribution < 1.29 is 22.8 Å². The summed E-state index contributed by atoms with van der Waals surface area (Å²) >= 11 is 0. The van der Waals surface area contributed by atoms with Crippen molar-refractivity contribution in [2.24, 2.45) is 0 Å². The van der Waals surface area contributed by atoms with Crippen LogP contribution in [0.4, 0.5) is 11.4 Å². The molecule has 0 saturated carbocycles. The van der Waals surface area contributed by atoms with Gasteiger partial charge in [-0.2, -0.15) is 0 Å². The van der Waals surface area contributed by atoms with Gasteiger partial charge in [0.25, 0.3) is 5.91 Å². The maximum absolute atomic E-state index is 12.9. The second-order valence-corrected chi connectivity index (χ2v) is 7.95. The fourth-order valence-electron chi connectivity index (χ4n) is 2.66. The molecule has 3 amide bonds. The van der Waals surface area contributed by atoms with Crippen molar-refractivity contribution in [1.82, 2.24) is 10.6 Å². The third kappa shape index (κ3) is 3.86. The van der Waals surface area contributed by atoms with Gasteiger partial charge in [-0.3, -0.25) is 18.7 Å². The van der Waals surface area contributed by atoms with Gasteiger partial charge in [-0.1, -0.05) is 12.1 Å². The molecular formula is C16H22N4O5S. The molecule has 2 N–H and O–H groups in total. The summed E-state index contributed by atoms with van der Waals surface area (Å²) in [6.45, 7) is 2.50. The van der Waals surface area contributed by atoms with Gasteiger partial charge >= 0.3 is 0 Å². The van der Waals surface area contributed by atoms with Crippen LogP contribution < -0.4 is 19.8 Å². The van der Waals surface area contributed by atoms with Crippen molar-refractivity contribution in [3.05, 3.63) is 24.3 Å². The molecule has 26 heavy (non-hydrogen) atoms. The van der Waals surface area contributed by atoms with Crippen molar-refractivity contribution in [3.63, 3.8) is 0 Å². The van der Waals surface area contributed by atoms with Crippen LogP contribution in [0.1, 0.15) is 13.8 Å². The Hall–Kier alpha value is -2.46. The summed E-state index contributed by atoms with van der Waals surface area (Å²) in [5.74, 6) is -1.74. The Morgan fingerprint density at radius 1 is 1.23 bits per heavy atom. The van der Waals surface area contributed by atoms with E-state index in [0.29, 0.717) is 0 Å². The van der Waals surface area contributed by atoms with E-state index in [1.54, 1.807) is 26.1 Å². The van der Waals surface area contributed by atoms with E-state index in [4.69, 9.17) is 0 Å². The molecule has 2 rings (SSSR count). The number of nitrogens with zero attached hydrogens (tertiary/aromatic N) is 2. The molecule has 1 aliphatic heterocycles. The lowest BCUT2D eigenvalue weighted by atomic mass is 10.2. The van der Waals surface area contributed by atoms with Crippen molar-refractivity contribution >= 4 is 39.1 Å². The van der Waals surface area contributed by atoms with Gasteiger partial charge in [0, 0.05) is 6.92 Å². The molecular weight excluding hydrogens is 360 g/mol. The number of anilines is 2. The summed E-state index contributed by atoms with van der Waals surface area (Å²) in [5.41, 5.74) is 0.366. The zero-order valence-corrected chi connectivity index (χ0v) is 15.8. The summed E-state index contributed by atoms with van der Waals surface area (Å²) in [5, 5.41) is 5.27. The number of imide groups is 1. The number of nitrogens with one attached hydrogen (secondary N) is 2. The topological polar surface area (TPSA) is 116 Å². The molecule has 0 saturated heterocycles. The first-order chi connectivity index (χ1) is 12.1. The summed E-state index contributed by atoms with van der Waals surface area (Å²) in [6.07, 6.45) is 1.01. The van der Waals surface area contributed by atoms with Gasteiger partial charge in [-0.15, -0.1) is 0 Å². The number of fused-ring (bicyclic) bond motifs is 1. The second-order valence-electron chi connectivity index (χ2n) is 6.05. The monoisotopic (exact) mass is 382 g/mol. The predicted octanol–water partition coefficient (Wildman–Crippen LogP) is -0.562. The van der Waals surface area contributed by atoms with Gasteiger partial charge in [0.05, 0.1) is 30.2 Å². The van der Waals surface area contributed by atoms with E-state index in [1.165, 1.54) is 19.1 Å².